The van der Waals surface area contributed by atoms with Crippen molar-refractivity contribution in [3.8, 4) is 16.9 Å². The predicted molar refractivity (Wildman–Crippen MR) is 99.3 cm³/mol. The van der Waals surface area contributed by atoms with E-state index in [0.717, 1.165) is 17.3 Å². The van der Waals surface area contributed by atoms with Crippen molar-refractivity contribution in [2.45, 2.75) is 19.7 Å². The lowest BCUT2D eigenvalue weighted by molar-refractivity contribution is -0.140. The van der Waals surface area contributed by atoms with Gasteiger partial charge in [0.1, 0.15) is 23.6 Å². The van der Waals surface area contributed by atoms with Crippen molar-refractivity contribution in [2.75, 3.05) is 0 Å². The standard InChI is InChI=1S/C20H16F3N3O3/c1-11-13(3-2-8-25-11)10-29-14-6-4-12(5-7-14)15-9-16(18(24)27)19(28)26-17(15)20(21,22)23/h2-9H,10H2,1H3,(H2,24,27)(H,26,28). The van der Waals surface area contributed by atoms with Crippen molar-refractivity contribution in [3.05, 3.63) is 81.5 Å². The second kappa shape index (κ2) is 7.78. The number of aromatic amines is 1. The molecular formula is C20H16F3N3O3. The highest BCUT2D eigenvalue weighted by Gasteiger charge is 2.36. The van der Waals surface area contributed by atoms with Crippen LogP contribution in [0.5, 0.6) is 5.75 Å². The molecule has 0 unspecified atom stereocenters. The predicted octanol–water partition coefficient (Wildman–Crippen LogP) is 3.44. The van der Waals surface area contributed by atoms with Gasteiger partial charge in [-0.15, -0.1) is 0 Å². The minimum Gasteiger partial charge on any atom is -0.489 e. The number of carbonyl (C=O) groups is 1. The maximum atomic E-state index is 13.4. The van der Waals surface area contributed by atoms with Gasteiger partial charge in [0.25, 0.3) is 11.5 Å². The van der Waals surface area contributed by atoms with E-state index >= 15 is 0 Å². The number of nitrogens with two attached hydrogens (primary N) is 1. The quantitative estimate of drug-likeness (QED) is 0.682. The largest absolute Gasteiger partial charge is 0.489 e. The molecule has 3 N–H and O–H groups in total. The Morgan fingerprint density at radius 2 is 1.90 bits per heavy atom. The van der Waals surface area contributed by atoms with Gasteiger partial charge in [-0.1, -0.05) is 18.2 Å². The lowest BCUT2D eigenvalue weighted by Gasteiger charge is -2.14. The maximum absolute atomic E-state index is 13.4. The number of hydrogen-bond donors (Lipinski definition) is 2. The number of nitrogens with zero attached hydrogens (tertiary/aromatic N) is 1. The summed E-state index contributed by atoms with van der Waals surface area (Å²) in [6.45, 7) is 2.09. The minimum absolute atomic E-state index is 0.140. The Hall–Kier alpha value is -3.62. The molecule has 150 valence electrons. The van der Waals surface area contributed by atoms with Crippen LogP contribution in [0.2, 0.25) is 0 Å². The first-order valence-electron chi connectivity index (χ1n) is 8.45. The van der Waals surface area contributed by atoms with Crippen LogP contribution in [0, 0.1) is 6.92 Å². The summed E-state index contributed by atoms with van der Waals surface area (Å²) >= 11 is 0. The normalized spacial score (nSPS) is 11.3. The van der Waals surface area contributed by atoms with E-state index in [9.17, 15) is 22.8 Å². The van der Waals surface area contributed by atoms with Gasteiger partial charge in [-0.05, 0) is 36.8 Å². The fourth-order valence-electron chi connectivity index (χ4n) is 2.73. The third kappa shape index (κ3) is 4.45. The molecule has 1 amide bonds. The van der Waals surface area contributed by atoms with Gasteiger partial charge in [0, 0.05) is 23.0 Å². The molecular weight excluding hydrogens is 387 g/mol. The first-order chi connectivity index (χ1) is 13.7. The van der Waals surface area contributed by atoms with E-state index in [1.165, 1.54) is 24.3 Å². The Bertz CT molecular complexity index is 1110. The number of ether oxygens (including phenoxy) is 1. The van der Waals surface area contributed by atoms with Crippen LogP contribution in [-0.2, 0) is 12.8 Å². The molecule has 0 aliphatic rings. The number of pyridine rings is 2. The number of carbonyl (C=O) groups excluding carboxylic acids is 1. The smallest absolute Gasteiger partial charge is 0.431 e. The number of aromatic nitrogens is 2. The number of aryl methyl sites for hydroxylation is 1. The minimum atomic E-state index is -4.82. The third-order valence-corrected chi connectivity index (χ3v) is 4.27. The van der Waals surface area contributed by atoms with Gasteiger partial charge in [0.15, 0.2) is 0 Å². The Morgan fingerprint density at radius 3 is 2.48 bits per heavy atom. The van der Waals surface area contributed by atoms with Crippen molar-refractivity contribution in [1.82, 2.24) is 9.97 Å². The lowest BCUT2D eigenvalue weighted by atomic mass is 10.0. The molecule has 0 saturated carbocycles. The lowest BCUT2D eigenvalue weighted by Crippen LogP contribution is -2.27. The SMILES string of the molecule is Cc1ncccc1COc1ccc(-c2cc(C(N)=O)c(=O)[nH]c2C(F)(F)F)cc1. The summed E-state index contributed by atoms with van der Waals surface area (Å²) in [5.41, 5.74) is 3.55. The molecule has 2 heterocycles. The zero-order valence-electron chi connectivity index (χ0n) is 15.2. The van der Waals surface area contributed by atoms with E-state index in [2.05, 4.69) is 4.98 Å². The van der Waals surface area contributed by atoms with E-state index in [0.29, 0.717) is 5.75 Å². The molecule has 0 radical (unpaired) electrons. The van der Waals surface area contributed by atoms with Crippen LogP contribution in [-0.4, -0.2) is 15.9 Å². The number of rotatable bonds is 5. The fourth-order valence-corrected chi connectivity index (χ4v) is 2.73. The van der Waals surface area contributed by atoms with Crippen LogP contribution in [0.15, 0.2) is 53.5 Å². The van der Waals surface area contributed by atoms with Gasteiger partial charge in [0.05, 0.1) is 0 Å². The summed E-state index contributed by atoms with van der Waals surface area (Å²) in [7, 11) is 0. The molecule has 29 heavy (non-hydrogen) atoms. The third-order valence-electron chi connectivity index (χ3n) is 4.27. The van der Waals surface area contributed by atoms with Crippen LogP contribution in [0.25, 0.3) is 11.1 Å². The van der Waals surface area contributed by atoms with Gasteiger partial charge in [-0.3, -0.25) is 14.6 Å². The fraction of sp³-hybridized carbons (Fsp3) is 0.150. The van der Waals surface area contributed by atoms with Crippen LogP contribution in [0.1, 0.15) is 27.3 Å². The number of amides is 1. The van der Waals surface area contributed by atoms with E-state index in [1.807, 2.05) is 13.0 Å². The topological polar surface area (TPSA) is 98.1 Å². The highest BCUT2D eigenvalue weighted by Crippen LogP contribution is 2.35. The van der Waals surface area contributed by atoms with Gasteiger partial charge in [-0.2, -0.15) is 13.2 Å². The van der Waals surface area contributed by atoms with E-state index in [4.69, 9.17) is 10.5 Å². The molecule has 0 aliphatic heterocycles. The second-order valence-electron chi connectivity index (χ2n) is 6.22. The molecule has 9 heteroatoms. The maximum Gasteiger partial charge on any atom is 0.431 e. The Labute approximate surface area is 163 Å². The summed E-state index contributed by atoms with van der Waals surface area (Å²) in [6.07, 6.45) is -3.16. The van der Waals surface area contributed by atoms with Gasteiger partial charge in [0.2, 0.25) is 0 Å². The molecule has 0 fully saturated rings. The first kappa shape index (κ1) is 20.1. The number of halogens is 3. The van der Waals surface area contributed by atoms with Crippen molar-refractivity contribution in [3.63, 3.8) is 0 Å². The summed E-state index contributed by atoms with van der Waals surface area (Å²) in [5, 5.41) is 0. The van der Waals surface area contributed by atoms with Crippen molar-refractivity contribution in [2.24, 2.45) is 5.73 Å². The van der Waals surface area contributed by atoms with Crippen molar-refractivity contribution >= 4 is 5.91 Å². The number of benzene rings is 1. The first-order valence-corrected chi connectivity index (χ1v) is 8.45. The zero-order valence-corrected chi connectivity index (χ0v) is 15.2. The summed E-state index contributed by atoms with van der Waals surface area (Å²) in [6, 6.07) is 10.3. The number of nitrogens with one attached hydrogen (secondary N) is 1. The van der Waals surface area contributed by atoms with Crippen LogP contribution >= 0.6 is 0 Å². The summed E-state index contributed by atoms with van der Waals surface area (Å²) < 4.78 is 45.7. The highest BCUT2D eigenvalue weighted by molar-refractivity contribution is 5.94. The summed E-state index contributed by atoms with van der Waals surface area (Å²) in [5.74, 6) is -0.682. The van der Waals surface area contributed by atoms with Crippen molar-refractivity contribution in [1.29, 1.82) is 0 Å². The molecule has 0 spiro atoms. The Morgan fingerprint density at radius 1 is 1.21 bits per heavy atom. The molecule has 3 aromatic rings. The molecule has 6 nitrogen and oxygen atoms in total. The molecule has 3 rings (SSSR count). The van der Waals surface area contributed by atoms with Gasteiger partial charge in [-0.25, -0.2) is 0 Å². The number of alkyl halides is 3. The van der Waals surface area contributed by atoms with E-state index in [1.54, 1.807) is 17.2 Å². The molecule has 1 aromatic carbocycles. The van der Waals surface area contributed by atoms with Gasteiger partial charge < -0.3 is 15.5 Å². The van der Waals surface area contributed by atoms with Crippen LogP contribution < -0.4 is 16.0 Å². The van der Waals surface area contributed by atoms with E-state index < -0.39 is 28.9 Å². The number of H-pyrrole nitrogens is 1. The average molecular weight is 403 g/mol. The molecule has 2 aromatic heterocycles. The molecule has 0 aliphatic carbocycles. The average Bonchev–Trinajstić information content (AvgIpc) is 2.67. The van der Waals surface area contributed by atoms with Crippen LogP contribution in [0.3, 0.4) is 0 Å². The second-order valence-corrected chi connectivity index (χ2v) is 6.22. The molecule has 0 bridgehead atoms. The zero-order chi connectivity index (χ0) is 21.2. The molecule has 0 saturated heterocycles. The van der Waals surface area contributed by atoms with E-state index in [-0.39, 0.29) is 17.7 Å². The number of hydrogen-bond acceptors (Lipinski definition) is 4. The molecule has 0 atom stereocenters. The van der Waals surface area contributed by atoms with Gasteiger partial charge >= 0.3 is 6.18 Å². The Balaban J connectivity index is 1.93. The Kier molecular flexibility index (Phi) is 5.40. The van der Waals surface area contributed by atoms with Crippen molar-refractivity contribution < 1.29 is 22.7 Å². The monoisotopic (exact) mass is 403 g/mol. The number of primary amides is 1. The summed E-state index contributed by atoms with van der Waals surface area (Å²) in [4.78, 5) is 29.0. The highest BCUT2D eigenvalue weighted by atomic mass is 19.4. The van der Waals surface area contributed by atoms with Crippen LogP contribution in [0.4, 0.5) is 13.2 Å².